The number of hydrogen-bond donors (Lipinski definition) is 1. The third-order valence-corrected chi connectivity index (χ3v) is 4.01. The summed E-state index contributed by atoms with van der Waals surface area (Å²) < 4.78 is 7.67. The zero-order valence-electron chi connectivity index (χ0n) is 14.1. The van der Waals surface area contributed by atoms with Gasteiger partial charge in [0.1, 0.15) is 17.8 Å². The number of nitrogens with zero attached hydrogens (tertiary/aromatic N) is 4. The van der Waals surface area contributed by atoms with Gasteiger partial charge in [-0.3, -0.25) is 0 Å². The van der Waals surface area contributed by atoms with E-state index in [0.29, 0.717) is 25.6 Å². The highest BCUT2D eigenvalue weighted by Crippen LogP contribution is 2.26. The normalized spacial score (nSPS) is 10.8. The summed E-state index contributed by atoms with van der Waals surface area (Å²) in [7, 11) is 0. The Hall–Kier alpha value is -3.43. The van der Waals surface area contributed by atoms with Gasteiger partial charge in [0.2, 0.25) is 0 Å². The van der Waals surface area contributed by atoms with Crippen LogP contribution in [0.3, 0.4) is 0 Å². The minimum absolute atomic E-state index is 0.355. The second-order valence-corrected chi connectivity index (χ2v) is 5.72. The number of ether oxygens (including phenoxy) is 1. The molecule has 6 nitrogen and oxygen atoms in total. The highest BCUT2D eigenvalue weighted by Gasteiger charge is 2.11. The average Bonchev–Trinajstić information content (AvgIpc) is 3.10. The van der Waals surface area contributed by atoms with Crippen molar-refractivity contribution in [2.24, 2.45) is 0 Å². The van der Waals surface area contributed by atoms with Gasteiger partial charge in [-0.1, -0.05) is 30.2 Å². The van der Waals surface area contributed by atoms with Crippen LogP contribution in [0.25, 0.3) is 21.9 Å². The van der Waals surface area contributed by atoms with E-state index in [1.165, 1.54) is 0 Å². The lowest BCUT2D eigenvalue weighted by Crippen LogP contribution is -2.06. The smallest absolute Gasteiger partial charge is 0.152 e. The number of nitrogen functional groups attached to an aromatic ring is 1. The maximum Gasteiger partial charge on any atom is 0.152 e. The van der Waals surface area contributed by atoms with Crippen LogP contribution in [0.5, 0.6) is 0 Å². The minimum Gasteiger partial charge on any atom is -0.382 e. The first-order valence-electron chi connectivity index (χ1n) is 8.29. The Morgan fingerprint density at radius 3 is 2.85 bits per heavy atom. The SMILES string of the molecule is Nc1nc2ccccc2c2c1ncn2CCOCC#Cc1ccccn1. The standard InChI is InChI=1S/C20H17N5O/c21-20-18-19(16-8-1-2-9-17(16)24-20)25(14-23-18)11-13-26-12-5-7-15-6-3-4-10-22-15/h1-4,6,8-10,14H,11-13H2,(H2,21,24). The van der Waals surface area contributed by atoms with Crippen LogP contribution in [0.15, 0.2) is 55.0 Å². The number of aromatic nitrogens is 4. The summed E-state index contributed by atoms with van der Waals surface area (Å²) >= 11 is 0. The molecule has 3 aromatic heterocycles. The lowest BCUT2D eigenvalue weighted by Gasteiger charge is -2.07. The molecule has 0 saturated heterocycles. The van der Waals surface area contributed by atoms with Crippen LogP contribution >= 0.6 is 0 Å². The van der Waals surface area contributed by atoms with Gasteiger partial charge in [0.05, 0.1) is 24.0 Å². The van der Waals surface area contributed by atoms with Gasteiger partial charge >= 0.3 is 0 Å². The zero-order valence-corrected chi connectivity index (χ0v) is 14.1. The van der Waals surface area contributed by atoms with Gasteiger partial charge in [0.25, 0.3) is 0 Å². The van der Waals surface area contributed by atoms with E-state index in [-0.39, 0.29) is 0 Å². The van der Waals surface area contributed by atoms with Crippen LogP contribution in [0, 0.1) is 11.8 Å². The Morgan fingerprint density at radius 1 is 1.08 bits per heavy atom. The zero-order chi connectivity index (χ0) is 17.8. The molecular formula is C20H17N5O. The van der Waals surface area contributed by atoms with Gasteiger partial charge in [-0.05, 0) is 24.1 Å². The van der Waals surface area contributed by atoms with Crippen molar-refractivity contribution in [2.45, 2.75) is 6.54 Å². The van der Waals surface area contributed by atoms with E-state index in [1.54, 1.807) is 12.5 Å². The van der Waals surface area contributed by atoms with E-state index in [0.717, 1.165) is 27.6 Å². The largest absolute Gasteiger partial charge is 0.382 e. The van der Waals surface area contributed by atoms with Crippen molar-refractivity contribution in [3.8, 4) is 11.8 Å². The van der Waals surface area contributed by atoms with Crippen LogP contribution < -0.4 is 5.73 Å². The second kappa shape index (κ2) is 7.21. The Bertz CT molecular complexity index is 1110. The topological polar surface area (TPSA) is 78.8 Å². The van der Waals surface area contributed by atoms with Gasteiger partial charge in [0.15, 0.2) is 5.82 Å². The molecule has 0 amide bonds. The molecule has 0 radical (unpaired) electrons. The van der Waals surface area contributed by atoms with Crippen LogP contribution in [0.1, 0.15) is 5.69 Å². The molecule has 0 aliphatic carbocycles. The monoisotopic (exact) mass is 343 g/mol. The molecule has 0 saturated carbocycles. The molecule has 0 fully saturated rings. The van der Waals surface area contributed by atoms with E-state index in [1.807, 2.05) is 47.0 Å². The van der Waals surface area contributed by atoms with Crippen LogP contribution in [-0.2, 0) is 11.3 Å². The van der Waals surface area contributed by atoms with Crippen molar-refractivity contribution in [1.29, 1.82) is 0 Å². The van der Waals surface area contributed by atoms with Crippen molar-refractivity contribution in [1.82, 2.24) is 19.5 Å². The van der Waals surface area contributed by atoms with Gasteiger partial charge in [-0.25, -0.2) is 15.0 Å². The highest BCUT2D eigenvalue weighted by atomic mass is 16.5. The first-order valence-corrected chi connectivity index (χ1v) is 8.29. The quantitative estimate of drug-likeness (QED) is 0.455. The molecule has 0 aliphatic rings. The predicted octanol–water partition coefficient (Wildman–Crippen LogP) is 2.63. The van der Waals surface area contributed by atoms with Gasteiger partial charge < -0.3 is 15.0 Å². The molecule has 4 rings (SSSR count). The summed E-state index contributed by atoms with van der Waals surface area (Å²) in [4.78, 5) is 13.0. The fourth-order valence-electron chi connectivity index (χ4n) is 2.83. The van der Waals surface area contributed by atoms with E-state index < -0.39 is 0 Å². The van der Waals surface area contributed by atoms with E-state index in [9.17, 15) is 0 Å². The molecule has 0 spiro atoms. The number of fused-ring (bicyclic) bond motifs is 3. The average molecular weight is 343 g/mol. The number of anilines is 1. The number of pyridine rings is 2. The Balaban J connectivity index is 1.46. The molecular weight excluding hydrogens is 326 g/mol. The molecule has 1 aromatic carbocycles. The first kappa shape index (κ1) is 16.1. The fraction of sp³-hybridized carbons (Fsp3) is 0.150. The van der Waals surface area contributed by atoms with E-state index >= 15 is 0 Å². The van der Waals surface area contributed by atoms with Crippen molar-refractivity contribution in [2.75, 3.05) is 18.9 Å². The second-order valence-electron chi connectivity index (χ2n) is 5.72. The van der Waals surface area contributed by atoms with Crippen LogP contribution in [0.4, 0.5) is 5.82 Å². The number of imidazole rings is 1. The minimum atomic E-state index is 0.355. The highest BCUT2D eigenvalue weighted by molar-refractivity contribution is 6.06. The van der Waals surface area contributed by atoms with Crippen molar-refractivity contribution < 1.29 is 4.74 Å². The maximum absolute atomic E-state index is 6.04. The molecule has 4 aromatic rings. The number of hydrogen-bond acceptors (Lipinski definition) is 5. The third-order valence-electron chi connectivity index (χ3n) is 4.01. The molecule has 0 aliphatic heterocycles. The predicted molar refractivity (Wildman–Crippen MR) is 101 cm³/mol. The molecule has 0 unspecified atom stereocenters. The molecule has 128 valence electrons. The summed E-state index contributed by atoms with van der Waals surface area (Å²) in [6, 6.07) is 13.6. The Morgan fingerprint density at radius 2 is 1.96 bits per heavy atom. The molecule has 6 heteroatoms. The summed E-state index contributed by atoms with van der Waals surface area (Å²) in [5.74, 6) is 6.38. The molecule has 26 heavy (non-hydrogen) atoms. The molecule has 3 heterocycles. The Kier molecular flexibility index (Phi) is 4.46. The van der Waals surface area contributed by atoms with Gasteiger partial charge in [-0.2, -0.15) is 0 Å². The van der Waals surface area contributed by atoms with E-state index in [4.69, 9.17) is 10.5 Å². The third kappa shape index (κ3) is 3.21. The summed E-state index contributed by atoms with van der Waals surface area (Å²) in [5, 5.41) is 1.03. The number of benzene rings is 1. The summed E-state index contributed by atoms with van der Waals surface area (Å²) in [5.41, 5.74) is 9.35. The van der Waals surface area contributed by atoms with E-state index in [2.05, 4.69) is 26.8 Å². The van der Waals surface area contributed by atoms with Crippen LogP contribution in [0.2, 0.25) is 0 Å². The number of rotatable bonds is 4. The summed E-state index contributed by atoms with van der Waals surface area (Å²) in [6.45, 7) is 1.54. The molecule has 2 N–H and O–H groups in total. The molecule has 0 bridgehead atoms. The van der Waals surface area contributed by atoms with Gasteiger partial charge in [0, 0.05) is 18.1 Å². The lowest BCUT2D eigenvalue weighted by molar-refractivity contribution is 0.158. The number of para-hydroxylation sites is 1. The number of nitrogens with two attached hydrogens (primary N) is 1. The first-order chi connectivity index (χ1) is 12.8. The van der Waals surface area contributed by atoms with Gasteiger partial charge in [-0.15, -0.1) is 0 Å². The van der Waals surface area contributed by atoms with Crippen molar-refractivity contribution in [3.05, 3.63) is 60.7 Å². The lowest BCUT2D eigenvalue weighted by atomic mass is 10.2. The summed E-state index contributed by atoms with van der Waals surface area (Å²) in [6.07, 6.45) is 3.50. The van der Waals surface area contributed by atoms with Crippen LogP contribution in [-0.4, -0.2) is 32.7 Å². The van der Waals surface area contributed by atoms with Crippen molar-refractivity contribution >= 4 is 27.8 Å². The van der Waals surface area contributed by atoms with Crippen molar-refractivity contribution in [3.63, 3.8) is 0 Å². The molecule has 0 atom stereocenters. The Labute approximate surface area is 150 Å². The maximum atomic E-state index is 6.04. The fourth-order valence-corrected chi connectivity index (χ4v) is 2.83.